The van der Waals surface area contributed by atoms with E-state index in [0.717, 1.165) is 59.7 Å². The molecule has 3 aromatic rings. The highest BCUT2D eigenvalue weighted by Gasteiger charge is 2.35. The van der Waals surface area contributed by atoms with E-state index in [9.17, 15) is 9.90 Å². The molecule has 9 nitrogen and oxygen atoms in total. The minimum Gasteiger partial charge on any atom is -0.395 e. The topological polar surface area (TPSA) is 108 Å². The van der Waals surface area contributed by atoms with Crippen molar-refractivity contribution in [3.63, 3.8) is 0 Å². The highest BCUT2D eigenvalue weighted by Crippen LogP contribution is 2.41. The van der Waals surface area contributed by atoms with Crippen molar-refractivity contribution in [2.45, 2.75) is 45.6 Å². The van der Waals surface area contributed by atoms with E-state index >= 15 is 0 Å². The number of benzene rings is 1. The number of rotatable bonds is 6. The lowest BCUT2D eigenvalue weighted by atomic mass is 9.83. The van der Waals surface area contributed by atoms with E-state index in [1.807, 2.05) is 43.9 Å². The van der Waals surface area contributed by atoms with Crippen LogP contribution in [0.1, 0.15) is 43.5 Å². The summed E-state index contributed by atoms with van der Waals surface area (Å²) in [6.07, 6.45) is 3.81. The second-order valence-corrected chi connectivity index (χ2v) is 9.70. The van der Waals surface area contributed by atoms with Gasteiger partial charge in [-0.25, -0.2) is 14.6 Å². The van der Waals surface area contributed by atoms with Crippen LogP contribution in [-0.2, 0) is 16.8 Å². The molecule has 2 aromatic heterocycles. The van der Waals surface area contributed by atoms with Crippen LogP contribution in [0.25, 0.3) is 11.3 Å². The van der Waals surface area contributed by atoms with Gasteiger partial charge in [-0.15, -0.1) is 5.92 Å². The summed E-state index contributed by atoms with van der Waals surface area (Å²) >= 11 is 0. The van der Waals surface area contributed by atoms with Crippen LogP contribution < -0.4 is 10.6 Å². The zero-order valence-electron chi connectivity index (χ0n) is 20.9. The normalized spacial score (nSPS) is 18.4. The standard InChI is InChI=1S/C27H31N7O2/c1-4-7-19-13-20(14-21-25(19)29-16-27(21,3)17-35)22-8-9-28-26(30-22)31-23-12-18(2)32-34(23)15-24(36)33-10-5-6-11-33/h8-9,12-14,29,35H,5-6,10-11,15-17H2,1-3H3,(H,28,30,31). The maximum Gasteiger partial charge on any atom is 0.244 e. The van der Waals surface area contributed by atoms with E-state index in [2.05, 4.69) is 38.6 Å². The zero-order valence-corrected chi connectivity index (χ0v) is 20.9. The smallest absolute Gasteiger partial charge is 0.244 e. The molecule has 0 radical (unpaired) electrons. The van der Waals surface area contributed by atoms with Crippen LogP contribution in [0.4, 0.5) is 17.5 Å². The molecule has 0 bridgehead atoms. The molecule has 2 aliphatic rings. The number of aromatic nitrogens is 4. The van der Waals surface area contributed by atoms with E-state index in [-0.39, 0.29) is 19.1 Å². The third-order valence-electron chi connectivity index (χ3n) is 6.89. The number of amides is 1. The summed E-state index contributed by atoms with van der Waals surface area (Å²) in [5.41, 5.74) is 4.92. The van der Waals surface area contributed by atoms with Gasteiger partial charge in [0.1, 0.15) is 12.4 Å². The lowest BCUT2D eigenvalue weighted by molar-refractivity contribution is -0.130. The summed E-state index contributed by atoms with van der Waals surface area (Å²) in [6, 6.07) is 7.83. The molecule has 186 valence electrons. The molecule has 3 N–H and O–H groups in total. The maximum atomic E-state index is 12.7. The molecule has 1 atom stereocenters. The molecule has 9 heteroatoms. The number of nitrogens with one attached hydrogen (secondary N) is 2. The lowest BCUT2D eigenvalue weighted by Crippen LogP contribution is -2.31. The molecule has 5 rings (SSSR count). The van der Waals surface area contributed by atoms with Gasteiger partial charge in [-0.1, -0.05) is 12.8 Å². The van der Waals surface area contributed by atoms with E-state index in [1.54, 1.807) is 10.9 Å². The van der Waals surface area contributed by atoms with Gasteiger partial charge in [-0.05, 0) is 50.5 Å². The third kappa shape index (κ3) is 4.52. The van der Waals surface area contributed by atoms with Gasteiger partial charge in [0.05, 0.1) is 23.7 Å². The Hall–Kier alpha value is -3.90. The monoisotopic (exact) mass is 485 g/mol. The van der Waals surface area contributed by atoms with Gasteiger partial charge < -0.3 is 20.6 Å². The molecule has 0 aliphatic carbocycles. The van der Waals surface area contributed by atoms with Crippen molar-refractivity contribution in [2.75, 3.05) is 36.9 Å². The van der Waals surface area contributed by atoms with Gasteiger partial charge >= 0.3 is 0 Å². The van der Waals surface area contributed by atoms with Crippen LogP contribution in [0.5, 0.6) is 0 Å². The first-order valence-electron chi connectivity index (χ1n) is 12.3. The molecule has 1 unspecified atom stereocenters. The Labute approximate surface area is 211 Å². The van der Waals surface area contributed by atoms with E-state index in [1.165, 1.54) is 0 Å². The van der Waals surface area contributed by atoms with Gasteiger partial charge in [-0.3, -0.25) is 4.79 Å². The van der Waals surface area contributed by atoms with Crippen molar-refractivity contribution in [3.05, 3.63) is 47.3 Å². The number of nitrogens with zero attached hydrogens (tertiary/aromatic N) is 5. The first kappa shape index (κ1) is 23.8. The van der Waals surface area contributed by atoms with E-state index in [4.69, 9.17) is 4.98 Å². The van der Waals surface area contributed by atoms with Gasteiger partial charge in [0, 0.05) is 48.4 Å². The molecule has 1 aromatic carbocycles. The Morgan fingerprint density at radius 3 is 2.83 bits per heavy atom. The molecular weight excluding hydrogens is 454 g/mol. The number of aliphatic hydroxyl groups excluding tert-OH is 1. The van der Waals surface area contributed by atoms with Crippen molar-refractivity contribution in [1.29, 1.82) is 0 Å². The fourth-order valence-corrected chi connectivity index (χ4v) is 4.87. The van der Waals surface area contributed by atoms with E-state index in [0.29, 0.717) is 18.3 Å². The summed E-state index contributed by atoms with van der Waals surface area (Å²) in [5.74, 6) is 7.32. The number of aliphatic hydroxyl groups is 1. The van der Waals surface area contributed by atoms with Gasteiger partial charge in [0.25, 0.3) is 0 Å². The molecule has 0 spiro atoms. The predicted octanol–water partition coefficient (Wildman–Crippen LogP) is 3.06. The number of anilines is 3. The van der Waals surface area contributed by atoms with Crippen LogP contribution in [-0.4, -0.2) is 61.9 Å². The Kier molecular flexibility index (Phi) is 6.37. The first-order chi connectivity index (χ1) is 17.4. The summed E-state index contributed by atoms with van der Waals surface area (Å²) in [6.45, 7) is 8.22. The van der Waals surface area contributed by atoms with Crippen molar-refractivity contribution in [2.24, 2.45) is 0 Å². The number of carbonyl (C=O) groups is 1. The molecule has 1 fully saturated rings. The Morgan fingerprint density at radius 2 is 2.08 bits per heavy atom. The van der Waals surface area contributed by atoms with Crippen molar-refractivity contribution >= 4 is 23.4 Å². The molecule has 1 saturated heterocycles. The molecule has 1 amide bonds. The first-order valence-corrected chi connectivity index (χ1v) is 12.3. The average molecular weight is 486 g/mol. The van der Waals surface area contributed by atoms with Crippen LogP contribution in [0.3, 0.4) is 0 Å². The number of fused-ring (bicyclic) bond motifs is 1. The Bertz CT molecular complexity index is 1360. The van der Waals surface area contributed by atoms with Crippen LogP contribution in [0.2, 0.25) is 0 Å². The summed E-state index contributed by atoms with van der Waals surface area (Å²) in [4.78, 5) is 23.7. The highest BCUT2D eigenvalue weighted by molar-refractivity contribution is 5.78. The van der Waals surface area contributed by atoms with Gasteiger partial charge in [-0.2, -0.15) is 5.10 Å². The van der Waals surface area contributed by atoms with Crippen LogP contribution in [0, 0.1) is 18.8 Å². The minimum atomic E-state index is -0.393. The second-order valence-electron chi connectivity index (χ2n) is 9.70. The van der Waals surface area contributed by atoms with Crippen molar-refractivity contribution in [3.8, 4) is 23.1 Å². The Morgan fingerprint density at radius 1 is 1.28 bits per heavy atom. The number of carbonyl (C=O) groups excluding carboxylic acids is 1. The molecule has 36 heavy (non-hydrogen) atoms. The summed E-state index contributed by atoms with van der Waals surface area (Å²) in [7, 11) is 0. The molecule has 2 aliphatic heterocycles. The number of hydrogen-bond donors (Lipinski definition) is 3. The predicted molar refractivity (Wildman–Crippen MR) is 139 cm³/mol. The zero-order chi connectivity index (χ0) is 25.3. The van der Waals surface area contributed by atoms with Crippen LogP contribution >= 0.6 is 0 Å². The van der Waals surface area contributed by atoms with Gasteiger partial charge in [0.2, 0.25) is 11.9 Å². The van der Waals surface area contributed by atoms with Crippen molar-refractivity contribution in [1.82, 2.24) is 24.6 Å². The molecular formula is C27H31N7O2. The van der Waals surface area contributed by atoms with Crippen molar-refractivity contribution < 1.29 is 9.90 Å². The molecule has 0 saturated carbocycles. The number of hydrogen-bond acceptors (Lipinski definition) is 7. The molecule has 4 heterocycles. The largest absolute Gasteiger partial charge is 0.395 e. The quantitative estimate of drug-likeness (QED) is 0.461. The number of aryl methyl sites for hydroxylation is 1. The minimum absolute atomic E-state index is 0.0332. The average Bonchev–Trinajstić information content (AvgIpc) is 3.60. The van der Waals surface area contributed by atoms with Gasteiger partial charge in [0.15, 0.2) is 0 Å². The SMILES string of the molecule is CC#Cc1cc(-c2ccnc(Nc3cc(C)nn3CC(=O)N3CCCC3)n2)cc2c1NCC2(C)CO. The lowest BCUT2D eigenvalue weighted by Gasteiger charge is -2.21. The third-order valence-corrected chi connectivity index (χ3v) is 6.89. The fraction of sp³-hybridized carbons (Fsp3) is 0.407. The summed E-state index contributed by atoms with van der Waals surface area (Å²) < 4.78 is 1.68. The van der Waals surface area contributed by atoms with E-state index < -0.39 is 5.41 Å². The second kappa shape index (κ2) is 9.63. The Balaban J connectivity index is 1.44. The van der Waals surface area contributed by atoms with Crippen LogP contribution in [0.15, 0.2) is 30.5 Å². The highest BCUT2D eigenvalue weighted by atomic mass is 16.3. The maximum absolute atomic E-state index is 12.7. The fourth-order valence-electron chi connectivity index (χ4n) is 4.87. The number of likely N-dealkylation sites (tertiary alicyclic amines) is 1. The summed E-state index contributed by atoms with van der Waals surface area (Å²) in [5, 5.41) is 21.2.